The molecule has 4 atom stereocenters. The van der Waals surface area contributed by atoms with E-state index < -0.39 is 0 Å². The summed E-state index contributed by atoms with van der Waals surface area (Å²) < 4.78 is 2.45. The van der Waals surface area contributed by atoms with Crippen molar-refractivity contribution in [2.24, 2.45) is 11.3 Å². The number of aromatic nitrogens is 1. The van der Waals surface area contributed by atoms with Crippen molar-refractivity contribution in [2.75, 3.05) is 4.90 Å². The molecule has 1 aromatic heterocycles. The lowest BCUT2D eigenvalue weighted by molar-refractivity contribution is 0.263. The van der Waals surface area contributed by atoms with E-state index in [4.69, 9.17) is 0 Å². The lowest BCUT2D eigenvalue weighted by Crippen LogP contribution is -2.38. The van der Waals surface area contributed by atoms with Crippen molar-refractivity contribution < 1.29 is 0 Å². The van der Waals surface area contributed by atoms with Crippen LogP contribution in [0.3, 0.4) is 0 Å². The summed E-state index contributed by atoms with van der Waals surface area (Å²) in [5, 5.41) is 1.30. The number of para-hydroxylation sites is 3. The summed E-state index contributed by atoms with van der Waals surface area (Å²) in [5.74, 6) is 0.802. The molecule has 0 aliphatic heterocycles. The summed E-state index contributed by atoms with van der Waals surface area (Å²) in [7, 11) is 0. The van der Waals surface area contributed by atoms with E-state index in [1.54, 1.807) is 0 Å². The molecule has 1 fully saturated rings. The third-order valence-electron chi connectivity index (χ3n) is 12.4. The van der Waals surface area contributed by atoms with E-state index in [1.807, 2.05) is 6.08 Å². The first kappa shape index (κ1) is 35.4. The molecule has 270 valence electrons. The molecule has 2 aliphatic carbocycles. The number of allylic oxidation sites excluding steroid dienone is 7. The molecule has 0 amide bonds. The fourth-order valence-electron chi connectivity index (χ4n) is 9.51. The summed E-state index contributed by atoms with van der Waals surface area (Å²) in [6.45, 7) is 11.7. The van der Waals surface area contributed by atoms with Crippen LogP contribution in [0.15, 0.2) is 176 Å². The van der Waals surface area contributed by atoms with Gasteiger partial charge in [-0.3, -0.25) is 0 Å². The topological polar surface area (TPSA) is 8.17 Å². The van der Waals surface area contributed by atoms with Crippen molar-refractivity contribution in [1.29, 1.82) is 0 Å². The molecule has 6 aromatic rings. The van der Waals surface area contributed by atoms with Crippen molar-refractivity contribution in [3.05, 3.63) is 193 Å². The molecule has 0 radical (unpaired) electrons. The van der Waals surface area contributed by atoms with Crippen LogP contribution in [0.25, 0.3) is 33.3 Å². The Bertz CT molecular complexity index is 2340. The summed E-state index contributed by atoms with van der Waals surface area (Å²) >= 11 is 0. The molecule has 0 saturated heterocycles. The summed E-state index contributed by atoms with van der Waals surface area (Å²) in [6.07, 6.45) is 19.0. The Hall–Kier alpha value is -5.60. The molecule has 54 heavy (non-hydrogen) atoms. The number of anilines is 2. The molecule has 1 heterocycles. The second-order valence-corrected chi connectivity index (χ2v) is 15.6. The second kappa shape index (κ2) is 15.4. The fourth-order valence-corrected chi connectivity index (χ4v) is 9.51. The molecule has 5 aromatic carbocycles. The highest BCUT2D eigenvalue weighted by Gasteiger charge is 2.43. The highest BCUT2D eigenvalue weighted by atomic mass is 15.2. The molecular weight excluding hydrogens is 653 g/mol. The van der Waals surface area contributed by atoms with E-state index in [0.29, 0.717) is 11.8 Å². The zero-order chi connectivity index (χ0) is 37.1. The van der Waals surface area contributed by atoms with Gasteiger partial charge < -0.3 is 9.47 Å². The first-order valence-electron chi connectivity index (χ1n) is 19.8. The van der Waals surface area contributed by atoms with Crippen molar-refractivity contribution in [1.82, 2.24) is 4.57 Å². The first-order valence-corrected chi connectivity index (χ1v) is 19.8. The third kappa shape index (κ3) is 6.60. The second-order valence-electron chi connectivity index (χ2n) is 15.6. The van der Waals surface area contributed by atoms with Crippen molar-refractivity contribution in [3.63, 3.8) is 0 Å². The normalized spacial score (nSPS) is 21.5. The average Bonchev–Trinajstić information content (AvgIpc) is 3.42. The van der Waals surface area contributed by atoms with Crippen molar-refractivity contribution >= 4 is 27.9 Å². The highest BCUT2D eigenvalue weighted by molar-refractivity contribution is 5.97. The van der Waals surface area contributed by atoms with Crippen LogP contribution in [0.1, 0.15) is 68.7 Å². The molecule has 2 heteroatoms. The maximum atomic E-state index is 4.32. The number of fused-ring (bicyclic) bond motifs is 1. The maximum absolute atomic E-state index is 4.32. The van der Waals surface area contributed by atoms with Gasteiger partial charge in [-0.1, -0.05) is 160 Å². The minimum atomic E-state index is -0.135. The fraction of sp³-hybridized carbons (Fsp3) is 0.231. The molecular formula is C52H52N2. The van der Waals surface area contributed by atoms with Crippen molar-refractivity contribution in [2.45, 2.75) is 64.8 Å². The monoisotopic (exact) mass is 704 g/mol. The Morgan fingerprint density at radius 3 is 2.30 bits per heavy atom. The zero-order valence-electron chi connectivity index (χ0n) is 32.0. The van der Waals surface area contributed by atoms with E-state index in [1.165, 1.54) is 74.3 Å². The Kier molecular flexibility index (Phi) is 10.1. The Balaban J connectivity index is 1.30. The van der Waals surface area contributed by atoms with E-state index in [2.05, 4.69) is 201 Å². The first-order chi connectivity index (χ1) is 26.5. The summed E-state index contributed by atoms with van der Waals surface area (Å²) in [6, 6.07) is 49.3. The number of rotatable bonds is 9. The van der Waals surface area contributed by atoms with Gasteiger partial charge in [0.15, 0.2) is 0 Å². The standard InChI is InChI=1S/C52H52N2/c1-5-21-48(51-39(3)53(43-28-13-8-14-29-43)50-35-18-16-33-47(50)51)52(4)37-45(31-19-22-38(52)2)54(44-30-20-27-42(36-44)40-23-9-6-10-24-40)49-34-17-15-32-46(49)41-25-11-7-12-26-41/h5-18,20-21,23-25,27-30,32-36,38,41,45H,1,19,22,26,31,37H2,2-4H3/b48-21+. The van der Waals surface area contributed by atoms with Crippen LogP contribution in [-0.2, 0) is 0 Å². The van der Waals surface area contributed by atoms with Gasteiger partial charge >= 0.3 is 0 Å². The minimum absolute atomic E-state index is 0.135. The van der Waals surface area contributed by atoms with Gasteiger partial charge in [-0.15, -0.1) is 0 Å². The van der Waals surface area contributed by atoms with Crippen LogP contribution in [0.5, 0.6) is 0 Å². The molecule has 0 spiro atoms. The minimum Gasteiger partial charge on any atom is -0.338 e. The molecule has 4 unspecified atom stereocenters. The van der Waals surface area contributed by atoms with E-state index in [9.17, 15) is 0 Å². The van der Waals surface area contributed by atoms with E-state index in [0.717, 1.165) is 19.3 Å². The van der Waals surface area contributed by atoms with Crippen LogP contribution in [0.2, 0.25) is 0 Å². The quantitative estimate of drug-likeness (QED) is 0.107. The Morgan fingerprint density at radius 1 is 0.796 bits per heavy atom. The van der Waals surface area contributed by atoms with Crippen LogP contribution in [-0.4, -0.2) is 10.6 Å². The number of benzene rings is 5. The van der Waals surface area contributed by atoms with Gasteiger partial charge in [0.2, 0.25) is 0 Å². The van der Waals surface area contributed by atoms with Crippen LogP contribution < -0.4 is 4.90 Å². The largest absolute Gasteiger partial charge is 0.338 e. The van der Waals surface area contributed by atoms with Gasteiger partial charge in [0.25, 0.3) is 0 Å². The molecule has 0 N–H and O–H groups in total. The summed E-state index contributed by atoms with van der Waals surface area (Å²) in [4.78, 5) is 2.73. The van der Waals surface area contributed by atoms with Gasteiger partial charge in [0, 0.05) is 45.7 Å². The SMILES string of the molecule is C=C/C=C(\c1c(C)n(-c2ccccc2)c2ccccc12)C1(C)CC(N(c2cccc(-c3ccccc3)c2)c2ccccc2C2C=CC=CC2)CCCC1C. The van der Waals surface area contributed by atoms with Crippen molar-refractivity contribution in [3.8, 4) is 16.8 Å². The zero-order valence-corrected chi connectivity index (χ0v) is 32.0. The van der Waals surface area contributed by atoms with Gasteiger partial charge in [-0.2, -0.15) is 0 Å². The van der Waals surface area contributed by atoms with Crippen LogP contribution in [0, 0.1) is 18.3 Å². The van der Waals surface area contributed by atoms with Gasteiger partial charge in [0.05, 0.1) is 5.52 Å². The smallest absolute Gasteiger partial charge is 0.0537 e. The van der Waals surface area contributed by atoms with Crippen LogP contribution in [0.4, 0.5) is 11.4 Å². The average molecular weight is 705 g/mol. The lowest BCUT2D eigenvalue weighted by atomic mass is 9.66. The highest BCUT2D eigenvalue weighted by Crippen LogP contribution is 2.54. The molecule has 8 rings (SSSR count). The molecule has 2 aliphatic rings. The molecule has 2 nitrogen and oxygen atoms in total. The summed E-state index contributed by atoms with van der Waals surface area (Å²) in [5.41, 5.74) is 12.8. The Morgan fingerprint density at radius 2 is 1.52 bits per heavy atom. The van der Waals surface area contributed by atoms with Gasteiger partial charge in [-0.05, 0) is 103 Å². The number of hydrogen-bond acceptors (Lipinski definition) is 1. The molecule has 0 bridgehead atoms. The Labute approximate surface area is 322 Å². The lowest BCUT2D eigenvalue weighted by Gasteiger charge is -2.43. The van der Waals surface area contributed by atoms with E-state index in [-0.39, 0.29) is 11.5 Å². The third-order valence-corrected chi connectivity index (χ3v) is 12.4. The van der Waals surface area contributed by atoms with E-state index >= 15 is 0 Å². The van der Waals surface area contributed by atoms with Gasteiger partial charge in [0.1, 0.15) is 0 Å². The predicted molar refractivity (Wildman–Crippen MR) is 232 cm³/mol. The van der Waals surface area contributed by atoms with Crippen LogP contribution >= 0.6 is 0 Å². The molecule has 1 saturated carbocycles. The predicted octanol–water partition coefficient (Wildman–Crippen LogP) is 14.2. The number of hydrogen-bond donors (Lipinski definition) is 0. The maximum Gasteiger partial charge on any atom is 0.0537 e. The number of nitrogens with zero attached hydrogens (tertiary/aromatic N) is 2. The van der Waals surface area contributed by atoms with Gasteiger partial charge in [-0.25, -0.2) is 0 Å².